The topological polar surface area (TPSA) is 103 Å². The number of anilines is 2. The Hall–Kier alpha value is -2.77. The first-order chi connectivity index (χ1) is 14.0. The van der Waals surface area contributed by atoms with Crippen LogP contribution in [0.3, 0.4) is 0 Å². The number of nitrogens with one attached hydrogen (secondary N) is 2. The summed E-state index contributed by atoms with van der Waals surface area (Å²) in [6, 6.07) is 3.15. The van der Waals surface area contributed by atoms with Crippen LogP contribution in [0.1, 0.15) is 52.9 Å². The van der Waals surface area contributed by atoms with Gasteiger partial charge in [-0.25, -0.2) is 4.79 Å². The number of hydrogen-bond donors (Lipinski definition) is 2. The molecular weight excluding hydrogens is 376 g/mol. The lowest BCUT2D eigenvalue weighted by Gasteiger charge is -2.22. The Balaban J connectivity index is 2.28. The molecule has 1 aliphatic rings. The average Bonchev–Trinajstić information content (AvgIpc) is 2.72. The number of hydrogen-bond acceptors (Lipinski definition) is 6. The maximum atomic E-state index is 12.7. The molecule has 0 aliphatic heterocycles. The van der Waals surface area contributed by atoms with Crippen molar-refractivity contribution in [3.05, 3.63) is 12.1 Å². The Bertz CT molecular complexity index is 728. The van der Waals surface area contributed by atoms with Crippen LogP contribution >= 0.6 is 0 Å². The SMILES string of the molecule is CCOC(=O)C(=O)Nc1cc(OCC)c(NC(=O)C2CCCCC2)cc1OCC. The fraction of sp³-hybridized carbons (Fsp3) is 0.571. The highest BCUT2D eigenvalue weighted by Crippen LogP contribution is 2.37. The van der Waals surface area contributed by atoms with Crippen LogP contribution in [0.25, 0.3) is 0 Å². The summed E-state index contributed by atoms with van der Waals surface area (Å²) in [5.41, 5.74) is 0.740. The minimum Gasteiger partial charge on any atom is -0.492 e. The fourth-order valence-electron chi connectivity index (χ4n) is 3.27. The second-order valence-corrected chi connectivity index (χ2v) is 6.71. The Morgan fingerprint density at radius 2 is 1.41 bits per heavy atom. The van der Waals surface area contributed by atoms with Crippen LogP contribution in [-0.4, -0.2) is 37.6 Å². The van der Waals surface area contributed by atoms with E-state index in [9.17, 15) is 14.4 Å². The lowest BCUT2D eigenvalue weighted by atomic mass is 9.88. The summed E-state index contributed by atoms with van der Waals surface area (Å²) in [7, 11) is 0. The molecule has 0 unspecified atom stereocenters. The van der Waals surface area contributed by atoms with Gasteiger partial charge >= 0.3 is 11.9 Å². The predicted molar refractivity (Wildman–Crippen MR) is 109 cm³/mol. The molecule has 1 aromatic rings. The molecule has 1 aliphatic carbocycles. The van der Waals surface area contributed by atoms with Gasteiger partial charge in [0.15, 0.2) is 0 Å². The first kappa shape index (κ1) is 22.5. The van der Waals surface area contributed by atoms with E-state index in [0.29, 0.717) is 30.4 Å². The Kier molecular flexibility index (Phi) is 8.76. The minimum atomic E-state index is -0.984. The second kappa shape index (κ2) is 11.3. The summed E-state index contributed by atoms with van der Waals surface area (Å²) in [6.45, 7) is 6.04. The number of carbonyl (C=O) groups excluding carboxylic acids is 3. The number of carbonyl (C=O) groups is 3. The van der Waals surface area contributed by atoms with Crippen molar-refractivity contribution in [1.82, 2.24) is 0 Å². The first-order valence-electron chi connectivity index (χ1n) is 10.2. The van der Waals surface area contributed by atoms with Crippen LogP contribution in [0.2, 0.25) is 0 Å². The van der Waals surface area contributed by atoms with Gasteiger partial charge in [0.25, 0.3) is 0 Å². The van der Waals surface area contributed by atoms with E-state index in [1.165, 1.54) is 0 Å². The number of amides is 2. The molecule has 2 amide bonds. The maximum absolute atomic E-state index is 12.7. The minimum absolute atomic E-state index is 0.0167. The zero-order chi connectivity index (χ0) is 21.2. The summed E-state index contributed by atoms with van der Waals surface area (Å²) in [4.78, 5) is 36.4. The van der Waals surface area contributed by atoms with Crippen LogP contribution in [0, 0.1) is 5.92 Å². The van der Waals surface area contributed by atoms with E-state index in [1.807, 2.05) is 6.92 Å². The standard InChI is InChI=1S/C21H30N2O6/c1-4-27-17-13-16(23-20(25)21(26)29-6-3)18(28-5-2)12-15(17)22-19(24)14-10-8-7-9-11-14/h12-14H,4-11H2,1-3H3,(H,22,24)(H,23,25). The van der Waals surface area contributed by atoms with Crippen molar-refractivity contribution in [2.24, 2.45) is 5.92 Å². The smallest absolute Gasteiger partial charge is 0.397 e. The van der Waals surface area contributed by atoms with E-state index in [1.54, 1.807) is 26.0 Å². The third-order valence-electron chi connectivity index (χ3n) is 4.62. The van der Waals surface area contributed by atoms with E-state index in [0.717, 1.165) is 32.1 Å². The molecule has 1 fully saturated rings. The van der Waals surface area contributed by atoms with E-state index in [2.05, 4.69) is 10.6 Å². The second-order valence-electron chi connectivity index (χ2n) is 6.71. The molecule has 0 spiro atoms. The van der Waals surface area contributed by atoms with Crippen molar-refractivity contribution < 1.29 is 28.6 Å². The van der Waals surface area contributed by atoms with Crippen molar-refractivity contribution in [3.63, 3.8) is 0 Å². The number of esters is 1. The summed E-state index contributed by atoms with van der Waals surface area (Å²) in [6.07, 6.45) is 5.03. The molecule has 8 heteroatoms. The summed E-state index contributed by atoms with van der Waals surface area (Å²) in [5, 5.41) is 5.43. The molecule has 2 rings (SSSR count). The zero-order valence-electron chi connectivity index (χ0n) is 17.3. The fourth-order valence-corrected chi connectivity index (χ4v) is 3.27. The number of benzene rings is 1. The van der Waals surface area contributed by atoms with Gasteiger partial charge in [-0.1, -0.05) is 19.3 Å². The highest BCUT2D eigenvalue weighted by molar-refractivity contribution is 6.37. The molecule has 8 nitrogen and oxygen atoms in total. The van der Waals surface area contributed by atoms with Gasteiger partial charge in [0.1, 0.15) is 11.5 Å². The van der Waals surface area contributed by atoms with Gasteiger partial charge in [0.2, 0.25) is 5.91 Å². The van der Waals surface area contributed by atoms with Gasteiger partial charge in [0, 0.05) is 18.1 Å². The lowest BCUT2D eigenvalue weighted by Crippen LogP contribution is -2.26. The summed E-state index contributed by atoms with van der Waals surface area (Å²) in [5.74, 6) is -1.24. The third-order valence-corrected chi connectivity index (χ3v) is 4.62. The van der Waals surface area contributed by atoms with Gasteiger partial charge in [-0.3, -0.25) is 9.59 Å². The van der Waals surface area contributed by atoms with Crippen LogP contribution in [-0.2, 0) is 19.1 Å². The average molecular weight is 406 g/mol. The maximum Gasteiger partial charge on any atom is 0.397 e. The molecule has 29 heavy (non-hydrogen) atoms. The quantitative estimate of drug-likeness (QED) is 0.506. The molecule has 0 radical (unpaired) electrons. The molecule has 160 valence electrons. The molecule has 0 saturated heterocycles. The van der Waals surface area contributed by atoms with Gasteiger partial charge < -0.3 is 24.8 Å². The Morgan fingerprint density at radius 3 is 1.93 bits per heavy atom. The Morgan fingerprint density at radius 1 is 0.862 bits per heavy atom. The molecule has 0 bridgehead atoms. The van der Waals surface area contributed by atoms with Gasteiger partial charge in [-0.2, -0.15) is 0 Å². The summed E-state index contributed by atoms with van der Waals surface area (Å²) < 4.78 is 16.0. The van der Waals surface area contributed by atoms with Crippen LogP contribution in [0.5, 0.6) is 11.5 Å². The van der Waals surface area contributed by atoms with Crippen molar-refractivity contribution in [3.8, 4) is 11.5 Å². The lowest BCUT2D eigenvalue weighted by molar-refractivity contribution is -0.152. The van der Waals surface area contributed by atoms with E-state index < -0.39 is 11.9 Å². The van der Waals surface area contributed by atoms with Crippen molar-refractivity contribution >= 4 is 29.2 Å². The number of rotatable bonds is 8. The molecule has 0 atom stereocenters. The van der Waals surface area contributed by atoms with Gasteiger partial charge in [0.05, 0.1) is 31.2 Å². The molecular formula is C21H30N2O6. The van der Waals surface area contributed by atoms with E-state index in [4.69, 9.17) is 14.2 Å². The van der Waals surface area contributed by atoms with E-state index in [-0.39, 0.29) is 24.1 Å². The van der Waals surface area contributed by atoms with Gasteiger partial charge in [-0.05, 0) is 33.6 Å². The van der Waals surface area contributed by atoms with Crippen molar-refractivity contribution in [2.45, 2.75) is 52.9 Å². The van der Waals surface area contributed by atoms with Crippen LogP contribution < -0.4 is 20.1 Å². The Labute approximate surface area is 171 Å². The normalized spacial score (nSPS) is 14.0. The predicted octanol–water partition coefficient (Wildman–Crippen LogP) is 3.50. The van der Waals surface area contributed by atoms with Gasteiger partial charge in [-0.15, -0.1) is 0 Å². The highest BCUT2D eigenvalue weighted by Gasteiger charge is 2.24. The van der Waals surface area contributed by atoms with Crippen LogP contribution in [0.15, 0.2) is 12.1 Å². The molecule has 1 aromatic carbocycles. The zero-order valence-corrected chi connectivity index (χ0v) is 17.3. The third kappa shape index (κ3) is 6.37. The van der Waals surface area contributed by atoms with Crippen molar-refractivity contribution in [1.29, 1.82) is 0 Å². The first-order valence-corrected chi connectivity index (χ1v) is 10.2. The largest absolute Gasteiger partial charge is 0.492 e. The molecule has 1 saturated carbocycles. The van der Waals surface area contributed by atoms with E-state index >= 15 is 0 Å². The molecule has 2 N–H and O–H groups in total. The monoisotopic (exact) mass is 406 g/mol. The highest BCUT2D eigenvalue weighted by atomic mass is 16.5. The molecule has 0 heterocycles. The van der Waals surface area contributed by atoms with Crippen molar-refractivity contribution in [2.75, 3.05) is 30.5 Å². The van der Waals surface area contributed by atoms with Crippen LogP contribution in [0.4, 0.5) is 11.4 Å². The summed E-state index contributed by atoms with van der Waals surface area (Å²) >= 11 is 0. The number of ether oxygens (including phenoxy) is 3. The molecule has 0 aromatic heterocycles.